The lowest BCUT2D eigenvalue weighted by Gasteiger charge is -2.29. The van der Waals surface area contributed by atoms with Crippen LogP contribution in [0.5, 0.6) is 5.75 Å². The summed E-state index contributed by atoms with van der Waals surface area (Å²) < 4.78 is 6.95. The van der Waals surface area contributed by atoms with Crippen molar-refractivity contribution in [1.82, 2.24) is 25.5 Å². The van der Waals surface area contributed by atoms with E-state index in [4.69, 9.17) is 4.74 Å². The van der Waals surface area contributed by atoms with Gasteiger partial charge in [0.05, 0.1) is 7.11 Å². The number of benzene rings is 1. The minimum atomic E-state index is -0.191. The van der Waals surface area contributed by atoms with Gasteiger partial charge in [-0.2, -0.15) is 4.68 Å². The van der Waals surface area contributed by atoms with E-state index in [2.05, 4.69) is 33.1 Å². The molecule has 1 saturated carbocycles. The van der Waals surface area contributed by atoms with Crippen LogP contribution < -0.4 is 15.4 Å². The number of hydrogen-bond donors (Lipinski definition) is 2. The van der Waals surface area contributed by atoms with Gasteiger partial charge < -0.3 is 15.4 Å². The van der Waals surface area contributed by atoms with Crippen molar-refractivity contribution in [2.75, 3.05) is 12.4 Å². The third-order valence-corrected chi connectivity index (χ3v) is 4.72. The number of rotatable bonds is 4. The smallest absolute Gasteiger partial charge is 0.319 e. The monoisotopic (exact) mass is 344 g/mol. The number of carbonyl (C=O) groups excluding carboxylic acids is 1. The third kappa shape index (κ3) is 3.89. The molecule has 8 heteroatoms. The van der Waals surface area contributed by atoms with Crippen LogP contribution in [0.25, 0.3) is 5.69 Å². The van der Waals surface area contributed by atoms with Gasteiger partial charge in [-0.15, -0.1) is 5.10 Å². The summed E-state index contributed by atoms with van der Waals surface area (Å²) in [7, 11) is 1.59. The van der Waals surface area contributed by atoms with E-state index in [1.54, 1.807) is 36.9 Å². The predicted octanol–water partition coefficient (Wildman–Crippen LogP) is 2.68. The van der Waals surface area contributed by atoms with E-state index in [0.717, 1.165) is 12.8 Å². The number of amides is 2. The van der Waals surface area contributed by atoms with Crippen molar-refractivity contribution in [2.45, 2.75) is 45.6 Å². The Kier molecular flexibility index (Phi) is 5.16. The van der Waals surface area contributed by atoms with Crippen molar-refractivity contribution >= 4 is 11.7 Å². The number of ether oxygens (including phenoxy) is 1. The van der Waals surface area contributed by atoms with Gasteiger partial charge in [0.2, 0.25) is 0 Å². The lowest BCUT2D eigenvalue weighted by Crippen LogP contribution is -2.43. The second-order valence-corrected chi connectivity index (χ2v) is 6.49. The fourth-order valence-electron chi connectivity index (χ4n) is 3.25. The molecule has 3 rings (SSSR count). The molecule has 2 aromatic rings. The highest BCUT2D eigenvalue weighted by Gasteiger charge is 2.23. The Hall–Kier alpha value is -2.64. The standard InChI is InChI=1S/C17H24N6O2/c1-11-6-4-5-7-14(11)19-17(24)18-13-8-9-16(25-3)15(10-13)23-12(2)20-21-22-23/h8-11,14H,4-7H2,1-3H3,(H2,18,19,24)/t11-,14-/m0/s1. The first-order chi connectivity index (χ1) is 12.1. The van der Waals surface area contributed by atoms with Crippen molar-refractivity contribution in [3.8, 4) is 11.4 Å². The molecule has 1 aromatic carbocycles. The highest BCUT2D eigenvalue weighted by Crippen LogP contribution is 2.27. The van der Waals surface area contributed by atoms with Gasteiger partial charge in [0.25, 0.3) is 0 Å². The third-order valence-electron chi connectivity index (χ3n) is 4.72. The molecular formula is C17H24N6O2. The maximum Gasteiger partial charge on any atom is 0.319 e. The molecule has 0 unspecified atom stereocenters. The molecule has 0 radical (unpaired) electrons. The molecule has 8 nitrogen and oxygen atoms in total. The second kappa shape index (κ2) is 7.50. The van der Waals surface area contributed by atoms with E-state index >= 15 is 0 Å². The maximum atomic E-state index is 12.3. The van der Waals surface area contributed by atoms with E-state index in [-0.39, 0.29) is 12.1 Å². The zero-order chi connectivity index (χ0) is 17.8. The van der Waals surface area contributed by atoms with Crippen LogP contribution in [0, 0.1) is 12.8 Å². The largest absolute Gasteiger partial charge is 0.494 e. The first-order valence-electron chi connectivity index (χ1n) is 8.59. The van der Waals surface area contributed by atoms with Crippen molar-refractivity contribution in [2.24, 2.45) is 5.92 Å². The zero-order valence-corrected chi connectivity index (χ0v) is 14.8. The van der Waals surface area contributed by atoms with Crippen molar-refractivity contribution in [1.29, 1.82) is 0 Å². The molecule has 1 fully saturated rings. The summed E-state index contributed by atoms with van der Waals surface area (Å²) in [6.07, 6.45) is 4.61. The second-order valence-electron chi connectivity index (χ2n) is 6.49. The van der Waals surface area contributed by atoms with Gasteiger partial charge in [-0.1, -0.05) is 19.8 Å². The molecule has 25 heavy (non-hydrogen) atoms. The topological polar surface area (TPSA) is 94.0 Å². The van der Waals surface area contributed by atoms with Crippen LogP contribution in [0.4, 0.5) is 10.5 Å². The number of aromatic nitrogens is 4. The molecular weight excluding hydrogens is 320 g/mol. The molecule has 0 saturated heterocycles. The van der Waals surface area contributed by atoms with Crippen LogP contribution in [0.15, 0.2) is 18.2 Å². The Morgan fingerprint density at radius 1 is 1.32 bits per heavy atom. The highest BCUT2D eigenvalue weighted by molar-refractivity contribution is 5.90. The van der Waals surface area contributed by atoms with E-state index in [1.165, 1.54) is 12.8 Å². The number of carbonyl (C=O) groups is 1. The van der Waals surface area contributed by atoms with Gasteiger partial charge in [-0.05, 0) is 54.3 Å². The Balaban J connectivity index is 1.74. The first-order valence-corrected chi connectivity index (χ1v) is 8.59. The van der Waals surface area contributed by atoms with Gasteiger partial charge in [-0.25, -0.2) is 4.79 Å². The average molecular weight is 344 g/mol. The fourth-order valence-corrected chi connectivity index (χ4v) is 3.25. The normalized spacial score (nSPS) is 20.1. The van der Waals surface area contributed by atoms with Crippen LogP contribution in [0.2, 0.25) is 0 Å². The minimum Gasteiger partial charge on any atom is -0.494 e. The Morgan fingerprint density at radius 2 is 2.12 bits per heavy atom. The number of aryl methyl sites for hydroxylation is 1. The number of hydrogen-bond acceptors (Lipinski definition) is 5. The van der Waals surface area contributed by atoms with Crippen LogP contribution in [-0.2, 0) is 0 Å². The van der Waals surface area contributed by atoms with E-state index in [1.807, 2.05) is 0 Å². The van der Waals surface area contributed by atoms with Crippen LogP contribution in [0.1, 0.15) is 38.4 Å². The molecule has 0 spiro atoms. The van der Waals surface area contributed by atoms with E-state index in [9.17, 15) is 4.79 Å². The van der Waals surface area contributed by atoms with Gasteiger partial charge >= 0.3 is 6.03 Å². The Bertz CT molecular complexity index is 744. The molecule has 2 N–H and O–H groups in total. The quantitative estimate of drug-likeness (QED) is 0.889. The molecule has 1 aliphatic carbocycles. The molecule has 2 atom stereocenters. The molecule has 2 amide bonds. The molecule has 0 bridgehead atoms. The van der Waals surface area contributed by atoms with Gasteiger partial charge in [0, 0.05) is 11.7 Å². The molecule has 1 aromatic heterocycles. The summed E-state index contributed by atoms with van der Waals surface area (Å²) in [4.78, 5) is 12.3. The molecule has 134 valence electrons. The highest BCUT2D eigenvalue weighted by atomic mass is 16.5. The Labute approximate surface area is 146 Å². The minimum absolute atomic E-state index is 0.191. The fraction of sp³-hybridized carbons (Fsp3) is 0.529. The lowest BCUT2D eigenvalue weighted by molar-refractivity contribution is 0.232. The summed E-state index contributed by atoms with van der Waals surface area (Å²) in [5, 5.41) is 17.5. The summed E-state index contributed by atoms with van der Waals surface area (Å²) in [6, 6.07) is 5.42. The Morgan fingerprint density at radius 3 is 2.80 bits per heavy atom. The van der Waals surface area contributed by atoms with Crippen molar-refractivity contribution < 1.29 is 9.53 Å². The summed E-state index contributed by atoms with van der Waals surface area (Å²) in [5.74, 6) is 1.77. The summed E-state index contributed by atoms with van der Waals surface area (Å²) >= 11 is 0. The van der Waals surface area contributed by atoms with E-state index in [0.29, 0.717) is 28.9 Å². The SMILES string of the molecule is COc1ccc(NC(=O)N[C@H]2CCCC[C@@H]2C)cc1-n1nnnc1C. The number of tetrazole rings is 1. The summed E-state index contributed by atoms with van der Waals surface area (Å²) in [6.45, 7) is 3.99. The summed E-state index contributed by atoms with van der Waals surface area (Å²) in [5.41, 5.74) is 1.33. The van der Waals surface area contributed by atoms with Gasteiger partial charge in [0.15, 0.2) is 5.82 Å². The maximum absolute atomic E-state index is 12.3. The predicted molar refractivity (Wildman–Crippen MR) is 94.0 cm³/mol. The van der Waals surface area contributed by atoms with Crippen LogP contribution >= 0.6 is 0 Å². The number of anilines is 1. The molecule has 1 aliphatic rings. The number of nitrogens with zero attached hydrogens (tertiary/aromatic N) is 4. The molecule has 0 aliphatic heterocycles. The number of nitrogens with one attached hydrogen (secondary N) is 2. The van der Waals surface area contributed by atoms with Gasteiger partial charge in [0.1, 0.15) is 11.4 Å². The van der Waals surface area contributed by atoms with E-state index < -0.39 is 0 Å². The first kappa shape index (κ1) is 17.2. The zero-order valence-electron chi connectivity index (χ0n) is 14.8. The lowest BCUT2D eigenvalue weighted by atomic mass is 9.86. The molecule has 1 heterocycles. The average Bonchev–Trinajstić information content (AvgIpc) is 3.03. The van der Waals surface area contributed by atoms with Crippen molar-refractivity contribution in [3.63, 3.8) is 0 Å². The van der Waals surface area contributed by atoms with Crippen LogP contribution in [-0.4, -0.2) is 39.4 Å². The number of methoxy groups -OCH3 is 1. The van der Waals surface area contributed by atoms with Gasteiger partial charge in [-0.3, -0.25) is 0 Å². The van der Waals surface area contributed by atoms with Crippen molar-refractivity contribution in [3.05, 3.63) is 24.0 Å². The van der Waals surface area contributed by atoms with Crippen LogP contribution in [0.3, 0.4) is 0 Å². The number of urea groups is 1.